The third-order valence-electron chi connectivity index (χ3n) is 3.18. The summed E-state index contributed by atoms with van der Waals surface area (Å²) in [7, 11) is 2.02. The van der Waals surface area contributed by atoms with Crippen LogP contribution in [0.4, 0.5) is 0 Å². The first-order valence-electron chi connectivity index (χ1n) is 6.13. The molecule has 92 valence electrons. The molecule has 1 atom stereocenters. The van der Waals surface area contributed by atoms with E-state index in [1.54, 1.807) is 11.3 Å². The summed E-state index contributed by atoms with van der Waals surface area (Å²) in [6.45, 7) is 7.66. The van der Waals surface area contributed by atoms with Gasteiger partial charge >= 0.3 is 0 Å². The van der Waals surface area contributed by atoms with E-state index in [4.69, 9.17) is 0 Å². The molecule has 3 heteroatoms. The summed E-state index contributed by atoms with van der Waals surface area (Å²) in [5.41, 5.74) is 2.55. The molecule has 2 nitrogen and oxygen atoms in total. The maximum atomic E-state index is 4.51. The van der Waals surface area contributed by atoms with Crippen LogP contribution in [0.2, 0.25) is 0 Å². The van der Waals surface area contributed by atoms with Crippen LogP contribution in [0.5, 0.6) is 0 Å². The number of likely N-dealkylation sites (N-methyl/N-ethyl adjacent to an activating group) is 1. The van der Waals surface area contributed by atoms with E-state index in [0.717, 1.165) is 17.1 Å². The van der Waals surface area contributed by atoms with Crippen LogP contribution >= 0.6 is 11.3 Å². The fraction of sp³-hybridized carbons (Fsp3) is 0.500. The smallest absolute Gasteiger partial charge is 0.0907 e. The van der Waals surface area contributed by atoms with Crippen LogP contribution in [0.1, 0.15) is 30.3 Å². The molecule has 2 rings (SSSR count). The van der Waals surface area contributed by atoms with E-state index in [1.807, 2.05) is 7.05 Å². The van der Waals surface area contributed by atoms with E-state index in [9.17, 15) is 0 Å². The number of aromatic nitrogens is 1. The first-order chi connectivity index (χ1) is 8.11. The standard InChI is InChI=1S/C14H20N2S/c1-9(2)12(8-15-4)11-5-6-13-14(7-11)17-10(3)16-13/h5-7,9,12,15H,8H2,1-4H3. The van der Waals surface area contributed by atoms with Gasteiger partial charge in [-0.15, -0.1) is 11.3 Å². The number of hydrogen-bond donors (Lipinski definition) is 1. The minimum atomic E-state index is 0.576. The normalized spacial score (nSPS) is 13.5. The maximum absolute atomic E-state index is 4.51. The van der Waals surface area contributed by atoms with Gasteiger partial charge in [-0.1, -0.05) is 19.9 Å². The first kappa shape index (κ1) is 12.5. The van der Waals surface area contributed by atoms with Gasteiger partial charge in [-0.05, 0) is 43.5 Å². The van der Waals surface area contributed by atoms with Gasteiger partial charge in [-0.2, -0.15) is 0 Å². The Balaban J connectivity index is 2.39. The average molecular weight is 248 g/mol. The second-order valence-corrected chi connectivity index (χ2v) is 6.10. The van der Waals surface area contributed by atoms with Gasteiger partial charge in [0.15, 0.2) is 0 Å². The number of nitrogens with zero attached hydrogens (tertiary/aromatic N) is 1. The summed E-state index contributed by atoms with van der Waals surface area (Å²) in [6.07, 6.45) is 0. The number of hydrogen-bond acceptors (Lipinski definition) is 3. The molecule has 0 spiro atoms. The van der Waals surface area contributed by atoms with E-state index >= 15 is 0 Å². The van der Waals surface area contributed by atoms with Gasteiger partial charge < -0.3 is 5.32 Å². The number of nitrogens with one attached hydrogen (secondary N) is 1. The van der Waals surface area contributed by atoms with Crippen molar-refractivity contribution in [3.63, 3.8) is 0 Å². The molecule has 17 heavy (non-hydrogen) atoms. The summed E-state index contributed by atoms with van der Waals surface area (Å²) in [4.78, 5) is 4.51. The molecule has 0 amide bonds. The second kappa shape index (κ2) is 5.15. The lowest BCUT2D eigenvalue weighted by molar-refractivity contribution is 0.479. The molecule has 0 aliphatic carbocycles. The Bertz CT molecular complexity index is 502. The highest BCUT2D eigenvalue weighted by Gasteiger charge is 2.15. The molecule has 0 aliphatic heterocycles. The minimum absolute atomic E-state index is 0.576. The molecule has 1 aromatic heterocycles. The fourth-order valence-electron chi connectivity index (χ4n) is 2.25. The quantitative estimate of drug-likeness (QED) is 0.895. The molecule has 0 aliphatic rings. The van der Waals surface area contributed by atoms with Crippen molar-refractivity contribution in [3.8, 4) is 0 Å². The van der Waals surface area contributed by atoms with E-state index in [1.165, 1.54) is 10.3 Å². The Hall–Kier alpha value is -0.930. The van der Waals surface area contributed by atoms with Crippen LogP contribution in [-0.4, -0.2) is 18.6 Å². The maximum Gasteiger partial charge on any atom is 0.0907 e. The molecule has 0 saturated heterocycles. The number of fused-ring (bicyclic) bond motifs is 1. The number of rotatable bonds is 4. The second-order valence-electron chi connectivity index (χ2n) is 4.87. The van der Waals surface area contributed by atoms with Crippen molar-refractivity contribution in [3.05, 3.63) is 28.8 Å². The zero-order valence-electron chi connectivity index (χ0n) is 10.9. The summed E-state index contributed by atoms with van der Waals surface area (Å²) < 4.78 is 1.31. The number of thiazole rings is 1. The number of aryl methyl sites for hydroxylation is 1. The summed E-state index contributed by atoms with van der Waals surface area (Å²) in [6, 6.07) is 6.69. The molecule has 2 aromatic rings. The van der Waals surface area contributed by atoms with Crippen molar-refractivity contribution >= 4 is 21.6 Å². The van der Waals surface area contributed by atoms with Crippen LogP contribution in [0.3, 0.4) is 0 Å². The highest BCUT2D eigenvalue weighted by atomic mass is 32.1. The summed E-state index contributed by atoms with van der Waals surface area (Å²) >= 11 is 1.78. The predicted octanol–water partition coefficient (Wildman–Crippen LogP) is 3.56. The van der Waals surface area contributed by atoms with Gasteiger partial charge in [0.2, 0.25) is 0 Å². The number of benzene rings is 1. The average Bonchev–Trinajstić information content (AvgIpc) is 2.64. The third-order valence-corrected chi connectivity index (χ3v) is 4.11. The summed E-state index contributed by atoms with van der Waals surface area (Å²) in [5, 5.41) is 4.43. The Kier molecular flexibility index (Phi) is 3.79. The monoisotopic (exact) mass is 248 g/mol. The van der Waals surface area contributed by atoms with Crippen molar-refractivity contribution < 1.29 is 0 Å². The summed E-state index contributed by atoms with van der Waals surface area (Å²) in [5.74, 6) is 1.22. The van der Waals surface area contributed by atoms with Gasteiger partial charge in [0.1, 0.15) is 0 Å². The van der Waals surface area contributed by atoms with Crippen molar-refractivity contribution in [1.82, 2.24) is 10.3 Å². The Morgan fingerprint density at radius 2 is 2.12 bits per heavy atom. The van der Waals surface area contributed by atoms with Gasteiger partial charge in [0.25, 0.3) is 0 Å². The molecule has 0 radical (unpaired) electrons. The predicted molar refractivity (Wildman–Crippen MR) is 75.9 cm³/mol. The zero-order valence-corrected chi connectivity index (χ0v) is 11.8. The zero-order chi connectivity index (χ0) is 12.4. The molecular formula is C14H20N2S. The SMILES string of the molecule is CNCC(c1ccc2nc(C)sc2c1)C(C)C. The molecule has 1 unspecified atom stereocenters. The molecular weight excluding hydrogens is 228 g/mol. The van der Waals surface area contributed by atoms with Gasteiger partial charge in [-0.3, -0.25) is 0 Å². The van der Waals surface area contributed by atoms with Crippen LogP contribution in [0, 0.1) is 12.8 Å². The molecule has 1 heterocycles. The first-order valence-corrected chi connectivity index (χ1v) is 6.95. The van der Waals surface area contributed by atoms with Crippen LogP contribution in [-0.2, 0) is 0 Å². The topological polar surface area (TPSA) is 24.9 Å². The van der Waals surface area contributed by atoms with Crippen molar-refractivity contribution in [1.29, 1.82) is 0 Å². The van der Waals surface area contributed by atoms with Crippen molar-refractivity contribution in [2.24, 2.45) is 5.92 Å². The largest absolute Gasteiger partial charge is 0.319 e. The van der Waals surface area contributed by atoms with E-state index in [-0.39, 0.29) is 0 Å². The van der Waals surface area contributed by atoms with Crippen LogP contribution in [0.15, 0.2) is 18.2 Å². The molecule has 0 saturated carbocycles. The van der Waals surface area contributed by atoms with E-state index < -0.39 is 0 Å². The van der Waals surface area contributed by atoms with Gasteiger partial charge in [-0.25, -0.2) is 4.98 Å². The van der Waals surface area contributed by atoms with E-state index in [0.29, 0.717) is 11.8 Å². The van der Waals surface area contributed by atoms with Gasteiger partial charge in [0.05, 0.1) is 15.2 Å². The Morgan fingerprint density at radius 3 is 2.76 bits per heavy atom. The molecule has 0 bridgehead atoms. The fourth-order valence-corrected chi connectivity index (χ4v) is 3.12. The minimum Gasteiger partial charge on any atom is -0.319 e. The molecule has 1 N–H and O–H groups in total. The highest BCUT2D eigenvalue weighted by Crippen LogP contribution is 2.29. The van der Waals surface area contributed by atoms with Gasteiger partial charge in [0, 0.05) is 6.54 Å². The molecule has 0 fully saturated rings. The van der Waals surface area contributed by atoms with Crippen LogP contribution in [0.25, 0.3) is 10.2 Å². The lowest BCUT2D eigenvalue weighted by atomic mass is 9.88. The molecule has 1 aromatic carbocycles. The van der Waals surface area contributed by atoms with Crippen molar-refractivity contribution in [2.75, 3.05) is 13.6 Å². The van der Waals surface area contributed by atoms with Crippen LogP contribution < -0.4 is 5.32 Å². The van der Waals surface area contributed by atoms with E-state index in [2.05, 4.69) is 49.3 Å². The Labute approximate surface area is 107 Å². The lowest BCUT2D eigenvalue weighted by Gasteiger charge is -2.20. The van der Waals surface area contributed by atoms with Crippen molar-refractivity contribution in [2.45, 2.75) is 26.7 Å². The third kappa shape index (κ3) is 2.67. The Morgan fingerprint density at radius 1 is 1.35 bits per heavy atom. The lowest BCUT2D eigenvalue weighted by Crippen LogP contribution is -2.21. The highest BCUT2D eigenvalue weighted by molar-refractivity contribution is 7.18.